The van der Waals surface area contributed by atoms with Crippen molar-refractivity contribution in [3.63, 3.8) is 0 Å². The number of aliphatic imine (C=N–C) groups is 1. The summed E-state index contributed by atoms with van der Waals surface area (Å²) in [4.78, 5) is 18.5. The van der Waals surface area contributed by atoms with E-state index in [1.165, 1.54) is 12.8 Å². The molecule has 2 rings (SSSR count). The maximum absolute atomic E-state index is 11.8. The van der Waals surface area contributed by atoms with Gasteiger partial charge in [-0.3, -0.25) is 9.79 Å². The van der Waals surface area contributed by atoms with Gasteiger partial charge >= 0.3 is 5.97 Å². The first-order valence-electron chi connectivity index (χ1n) is 9.34. The lowest BCUT2D eigenvalue weighted by Crippen LogP contribution is -2.48. The number of likely N-dealkylation sites (tertiary alicyclic amines) is 1. The molecule has 0 aromatic heterocycles. The van der Waals surface area contributed by atoms with E-state index in [-0.39, 0.29) is 11.9 Å². The van der Waals surface area contributed by atoms with Crippen LogP contribution in [0.15, 0.2) is 4.99 Å². The van der Waals surface area contributed by atoms with Gasteiger partial charge in [0, 0.05) is 39.9 Å². The minimum absolute atomic E-state index is 0.0419. The zero-order valence-corrected chi connectivity index (χ0v) is 15.5. The lowest BCUT2D eigenvalue weighted by molar-refractivity contribution is -0.149. The van der Waals surface area contributed by atoms with Gasteiger partial charge in [-0.25, -0.2) is 0 Å². The number of carbonyl (C=O) groups is 1. The fourth-order valence-electron chi connectivity index (χ4n) is 3.31. The molecular weight excluding hydrogens is 306 g/mol. The Hall–Kier alpha value is -1.30. The van der Waals surface area contributed by atoms with Gasteiger partial charge in [-0.15, -0.1) is 0 Å². The first kappa shape index (κ1) is 19.0. The first-order valence-corrected chi connectivity index (χ1v) is 9.34. The Balaban J connectivity index is 1.74. The van der Waals surface area contributed by atoms with Crippen LogP contribution < -0.4 is 5.32 Å². The average Bonchev–Trinajstić information content (AvgIpc) is 3.36. The van der Waals surface area contributed by atoms with Crippen molar-refractivity contribution in [3.05, 3.63) is 0 Å². The number of hydrogen-bond donors (Lipinski definition) is 1. The average molecular weight is 339 g/mol. The second kappa shape index (κ2) is 9.25. The third-order valence-corrected chi connectivity index (χ3v) is 5.19. The highest BCUT2D eigenvalue weighted by Crippen LogP contribution is 2.48. The molecule has 0 radical (unpaired) electrons. The van der Waals surface area contributed by atoms with E-state index in [1.807, 2.05) is 20.9 Å². The Bertz CT molecular complexity index is 427. The lowest BCUT2D eigenvalue weighted by Gasteiger charge is -2.34. The molecule has 138 valence electrons. The van der Waals surface area contributed by atoms with Crippen molar-refractivity contribution in [3.8, 4) is 0 Å². The van der Waals surface area contributed by atoms with Crippen molar-refractivity contribution >= 4 is 11.9 Å². The van der Waals surface area contributed by atoms with Crippen LogP contribution in [-0.2, 0) is 14.3 Å². The molecule has 0 aromatic carbocycles. The summed E-state index contributed by atoms with van der Waals surface area (Å²) in [6.07, 6.45) is 5.35. The molecule has 1 saturated carbocycles. The lowest BCUT2D eigenvalue weighted by atomic mass is 9.97. The summed E-state index contributed by atoms with van der Waals surface area (Å²) in [5.74, 6) is 0.952. The summed E-state index contributed by atoms with van der Waals surface area (Å²) in [5.41, 5.74) is 0.397. The molecule has 24 heavy (non-hydrogen) atoms. The van der Waals surface area contributed by atoms with E-state index >= 15 is 0 Å². The third kappa shape index (κ3) is 5.36. The van der Waals surface area contributed by atoms with Crippen LogP contribution in [0.5, 0.6) is 0 Å². The molecule has 0 spiro atoms. The highest BCUT2D eigenvalue weighted by Gasteiger charge is 2.42. The van der Waals surface area contributed by atoms with Crippen LogP contribution in [0.1, 0.15) is 46.0 Å². The van der Waals surface area contributed by atoms with Crippen LogP contribution in [0.25, 0.3) is 0 Å². The van der Waals surface area contributed by atoms with Crippen LogP contribution in [0.2, 0.25) is 0 Å². The SMILES string of the molecule is CCOCCC1(CNC(=NC)N2CCC(C(=O)OCC)CC2)CC1. The van der Waals surface area contributed by atoms with Crippen molar-refractivity contribution < 1.29 is 14.3 Å². The predicted molar refractivity (Wildman–Crippen MR) is 95.1 cm³/mol. The molecule has 6 nitrogen and oxygen atoms in total. The van der Waals surface area contributed by atoms with Crippen molar-refractivity contribution in [1.29, 1.82) is 0 Å². The van der Waals surface area contributed by atoms with E-state index in [0.717, 1.165) is 58.1 Å². The summed E-state index contributed by atoms with van der Waals surface area (Å²) >= 11 is 0. The Morgan fingerprint density at radius 1 is 1.25 bits per heavy atom. The molecule has 0 atom stereocenters. The van der Waals surface area contributed by atoms with Gasteiger partial charge in [0.05, 0.1) is 12.5 Å². The molecule has 0 aromatic rings. The molecule has 0 bridgehead atoms. The van der Waals surface area contributed by atoms with Crippen LogP contribution in [0, 0.1) is 11.3 Å². The zero-order chi connectivity index (χ0) is 17.4. The smallest absolute Gasteiger partial charge is 0.309 e. The summed E-state index contributed by atoms with van der Waals surface area (Å²) in [6, 6.07) is 0. The summed E-state index contributed by atoms with van der Waals surface area (Å²) in [6.45, 7) is 8.68. The monoisotopic (exact) mass is 339 g/mol. The molecule has 0 unspecified atom stereocenters. The quantitative estimate of drug-likeness (QED) is 0.317. The van der Waals surface area contributed by atoms with Gasteiger partial charge in [0.1, 0.15) is 0 Å². The van der Waals surface area contributed by atoms with Crippen LogP contribution in [0.3, 0.4) is 0 Å². The summed E-state index contributed by atoms with van der Waals surface area (Å²) < 4.78 is 10.6. The summed E-state index contributed by atoms with van der Waals surface area (Å²) in [7, 11) is 1.83. The zero-order valence-electron chi connectivity index (χ0n) is 15.5. The molecule has 1 aliphatic heterocycles. The van der Waals surface area contributed by atoms with Crippen molar-refractivity contribution in [2.75, 3.05) is 46.5 Å². The number of piperidine rings is 1. The van der Waals surface area contributed by atoms with E-state index in [0.29, 0.717) is 12.0 Å². The Labute approximate surface area is 146 Å². The normalized spacial score (nSPS) is 20.8. The molecule has 2 fully saturated rings. The largest absolute Gasteiger partial charge is 0.466 e. The Morgan fingerprint density at radius 2 is 1.96 bits per heavy atom. The highest BCUT2D eigenvalue weighted by atomic mass is 16.5. The van der Waals surface area contributed by atoms with Gasteiger partial charge in [-0.05, 0) is 51.4 Å². The number of nitrogens with zero attached hydrogens (tertiary/aromatic N) is 2. The van der Waals surface area contributed by atoms with Gasteiger partial charge in [0.25, 0.3) is 0 Å². The van der Waals surface area contributed by atoms with Gasteiger partial charge in [-0.1, -0.05) is 0 Å². The van der Waals surface area contributed by atoms with Gasteiger partial charge in [-0.2, -0.15) is 0 Å². The van der Waals surface area contributed by atoms with E-state index in [9.17, 15) is 4.79 Å². The predicted octanol–water partition coefficient (Wildman–Crippen LogP) is 2.04. The fourth-order valence-corrected chi connectivity index (χ4v) is 3.31. The van der Waals surface area contributed by atoms with Crippen molar-refractivity contribution in [2.24, 2.45) is 16.3 Å². The fraction of sp³-hybridized carbons (Fsp3) is 0.889. The highest BCUT2D eigenvalue weighted by molar-refractivity contribution is 5.80. The second-order valence-corrected chi connectivity index (χ2v) is 6.86. The molecule has 1 heterocycles. The maximum atomic E-state index is 11.8. The standard InChI is InChI=1S/C18H33N3O3/c1-4-23-13-10-18(8-9-18)14-20-17(19-3)21-11-6-15(7-12-21)16(22)24-5-2/h15H,4-14H2,1-3H3,(H,19,20). The Kier molecular flexibility index (Phi) is 7.34. The van der Waals surface area contributed by atoms with Crippen molar-refractivity contribution in [2.45, 2.75) is 46.0 Å². The minimum Gasteiger partial charge on any atom is -0.466 e. The van der Waals surface area contributed by atoms with Crippen LogP contribution in [0.4, 0.5) is 0 Å². The number of esters is 1. The van der Waals surface area contributed by atoms with E-state index < -0.39 is 0 Å². The number of rotatable bonds is 8. The number of guanidine groups is 1. The topological polar surface area (TPSA) is 63.2 Å². The van der Waals surface area contributed by atoms with E-state index in [2.05, 4.69) is 15.2 Å². The third-order valence-electron chi connectivity index (χ3n) is 5.19. The molecule has 6 heteroatoms. The molecule has 2 aliphatic rings. The maximum Gasteiger partial charge on any atom is 0.309 e. The second-order valence-electron chi connectivity index (χ2n) is 6.86. The molecule has 1 aliphatic carbocycles. The molecular formula is C18H33N3O3. The minimum atomic E-state index is -0.0482. The van der Waals surface area contributed by atoms with E-state index in [1.54, 1.807) is 0 Å². The first-order chi connectivity index (χ1) is 11.6. The van der Waals surface area contributed by atoms with Crippen LogP contribution in [-0.4, -0.2) is 63.3 Å². The number of ether oxygens (including phenoxy) is 2. The summed E-state index contributed by atoms with van der Waals surface area (Å²) in [5, 5.41) is 3.54. The number of nitrogens with one attached hydrogen (secondary N) is 1. The molecule has 1 saturated heterocycles. The van der Waals surface area contributed by atoms with Crippen LogP contribution >= 0.6 is 0 Å². The molecule has 1 N–H and O–H groups in total. The van der Waals surface area contributed by atoms with Crippen molar-refractivity contribution in [1.82, 2.24) is 10.2 Å². The van der Waals surface area contributed by atoms with Gasteiger partial charge < -0.3 is 19.7 Å². The van der Waals surface area contributed by atoms with E-state index in [4.69, 9.17) is 9.47 Å². The number of carbonyl (C=O) groups excluding carboxylic acids is 1. The van der Waals surface area contributed by atoms with Gasteiger partial charge in [0.2, 0.25) is 0 Å². The molecule has 0 amide bonds. The Morgan fingerprint density at radius 3 is 2.50 bits per heavy atom. The van der Waals surface area contributed by atoms with Gasteiger partial charge in [0.15, 0.2) is 5.96 Å². The number of hydrogen-bond acceptors (Lipinski definition) is 4.